The fourth-order valence-corrected chi connectivity index (χ4v) is 9.33. The van der Waals surface area contributed by atoms with E-state index < -0.39 is 45.8 Å². The van der Waals surface area contributed by atoms with E-state index in [1.54, 1.807) is 18.2 Å². The second-order valence-corrected chi connectivity index (χ2v) is 14.6. The van der Waals surface area contributed by atoms with Crippen LogP contribution in [0.25, 0.3) is 10.9 Å². The molecule has 9 nitrogen and oxygen atoms in total. The number of hydrogen-bond donors (Lipinski definition) is 1. The van der Waals surface area contributed by atoms with Crippen molar-refractivity contribution in [1.82, 2.24) is 13.0 Å². The van der Waals surface area contributed by atoms with E-state index in [0.717, 1.165) is 18.4 Å². The van der Waals surface area contributed by atoms with Gasteiger partial charge in [-0.2, -0.15) is 4.31 Å². The number of piperidine rings is 1. The van der Waals surface area contributed by atoms with Gasteiger partial charge in [0.15, 0.2) is 5.03 Å². The predicted octanol–water partition coefficient (Wildman–Crippen LogP) is 2.11. The maximum Gasteiger partial charge on any atom is 0.272 e. The number of hydrogen-bond acceptors (Lipinski definition) is 6. The number of fused-ring (bicyclic) bond motifs is 1. The highest BCUT2D eigenvalue weighted by Crippen LogP contribution is 2.54. The average molecular weight is 542 g/mol. The lowest BCUT2D eigenvalue weighted by Crippen LogP contribution is -2.42. The molecule has 0 bridgehead atoms. The molecular weight excluding hydrogens is 517 g/mol. The van der Waals surface area contributed by atoms with Gasteiger partial charge in [-0.15, -0.1) is 0 Å². The molecule has 3 aromatic rings. The van der Waals surface area contributed by atoms with Crippen molar-refractivity contribution in [1.29, 1.82) is 0 Å². The molecule has 1 aliphatic carbocycles. The minimum Gasteiger partial charge on any atom is -0.221 e. The molecule has 1 aromatic heterocycles. The monoisotopic (exact) mass is 541 g/mol. The first kappa shape index (κ1) is 24.4. The molecule has 13 heteroatoms. The Balaban J connectivity index is 1.53. The van der Waals surface area contributed by atoms with Crippen molar-refractivity contribution in [2.75, 3.05) is 19.3 Å². The van der Waals surface area contributed by atoms with E-state index in [1.165, 1.54) is 28.6 Å². The van der Waals surface area contributed by atoms with Crippen LogP contribution in [0.4, 0.5) is 4.39 Å². The Kier molecular flexibility index (Phi) is 5.64. The summed E-state index contributed by atoms with van der Waals surface area (Å²) in [5, 5.41) is -0.0708. The molecule has 188 valence electrons. The van der Waals surface area contributed by atoms with Gasteiger partial charge in [-0.1, -0.05) is 30.3 Å². The standard InChI is InChI=1S/C22H24FN3O6S3/c1-33(27,28)24-20-15-22(20)10-12-25(13-11-22)35(31,32)21-14-16-6-2-4-8-18(16)26(21)34(29,30)19-9-5-3-7-17(19)23/h2-9,14,20,24H,10-13,15H2,1H3. The Morgan fingerprint density at radius 3 is 2.20 bits per heavy atom. The SMILES string of the molecule is CS(=O)(=O)NC1CC12CCN(S(=O)(=O)c1cc3ccccc3n1S(=O)(=O)c1ccccc1F)CC2. The summed E-state index contributed by atoms with van der Waals surface area (Å²) in [6.07, 6.45) is 2.61. The third-order valence-electron chi connectivity index (χ3n) is 6.86. The minimum absolute atomic E-state index is 0.117. The summed E-state index contributed by atoms with van der Waals surface area (Å²) in [7, 11) is -12.2. The van der Waals surface area contributed by atoms with Crippen molar-refractivity contribution in [3.8, 4) is 0 Å². The second-order valence-electron chi connectivity index (χ2n) is 9.15. The number of aromatic nitrogens is 1. The molecule has 2 fully saturated rings. The third-order valence-corrected chi connectivity index (χ3v) is 11.3. The number of rotatable bonds is 6. The summed E-state index contributed by atoms with van der Waals surface area (Å²) in [5.41, 5.74) is -0.163. The summed E-state index contributed by atoms with van der Waals surface area (Å²) < 4.78 is 96.7. The Morgan fingerprint density at radius 1 is 0.914 bits per heavy atom. The molecule has 0 radical (unpaired) electrons. The smallest absolute Gasteiger partial charge is 0.221 e. The number of halogens is 1. The fourth-order valence-electron chi connectivity index (χ4n) is 4.91. The van der Waals surface area contributed by atoms with Crippen LogP contribution < -0.4 is 4.72 Å². The van der Waals surface area contributed by atoms with Gasteiger partial charge in [-0.25, -0.2) is 38.3 Å². The van der Waals surface area contributed by atoms with Gasteiger partial charge in [0.2, 0.25) is 10.0 Å². The molecule has 1 unspecified atom stereocenters. The summed E-state index contributed by atoms with van der Waals surface area (Å²) in [6, 6.07) is 12.2. The zero-order valence-electron chi connectivity index (χ0n) is 18.8. The molecule has 1 atom stereocenters. The Hall–Kier alpha value is -2.32. The number of benzene rings is 2. The first-order valence-electron chi connectivity index (χ1n) is 10.9. The van der Waals surface area contributed by atoms with E-state index >= 15 is 0 Å². The van der Waals surface area contributed by atoms with Gasteiger partial charge in [-0.05, 0) is 48.9 Å². The van der Waals surface area contributed by atoms with Gasteiger partial charge in [0.25, 0.3) is 20.0 Å². The molecule has 1 saturated heterocycles. The van der Waals surface area contributed by atoms with Crippen molar-refractivity contribution in [2.24, 2.45) is 5.41 Å². The van der Waals surface area contributed by atoms with Crippen molar-refractivity contribution in [3.63, 3.8) is 0 Å². The number of sulfonamides is 2. The Bertz CT molecular complexity index is 1640. The second kappa shape index (κ2) is 8.10. The average Bonchev–Trinajstić information content (AvgIpc) is 3.25. The van der Waals surface area contributed by atoms with E-state index in [9.17, 15) is 29.6 Å². The van der Waals surface area contributed by atoms with Crippen molar-refractivity contribution < 1.29 is 29.6 Å². The van der Waals surface area contributed by atoms with Crippen LogP contribution in [0.5, 0.6) is 0 Å². The first-order chi connectivity index (χ1) is 16.4. The van der Waals surface area contributed by atoms with Crippen molar-refractivity contribution in [3.05, 3.63) is 60.4 Å². The van der Waals surface area contributed by atoms with E-state index in [1.807, 2.05) is 0 Å². The van der Waals surface area contributed by atoms with Crippen LogP contribution in [0.15, 0.2) is 64.5 Å². The lowest BCUT2D eigenvalue weighted by atomic mass is 9.94. The summed E-state index contributed by atoms with van der Waals surface area (Å²) in [5.74, 6) is -0.980. The summed E-state index contributed by atoms with van der Waals surface area (Å²) in [6.45, 7) is 0.233. The van der Waals surface area contributed by atoms with Crippen LogP contribution >= 0.6 is 0 Å². The summed E-state index contributed by atoms with van der Waals surface area (Å²) >= 11 is 0. The van der Waals surface area contributed by atoms with Crippen molar-refractivity contribution in [2.45, 2.75) is 35.2 Å². The molecule has 2 aromatic carbocycles. The van der Waals surface area contributed by atoms with E-state index in [4.69, 9.17) is 0 Å². The van der Waals surface area contributed by atoms with Crippen LogP contribution in [0, 0.1) is 11.2 Å². The van der Waals surface area contributed by atoms with Gasteiger partial charge < -0.3 is 0 Å². The molecule has 0 amide bonds. The minimum atomic E-state index is -4.59. The highest BCUT2D eigenvalue weighted by Gasteiger charge is 2.57. The van der Waals surface area contributed by atoms with Crippen LogP contribution in [-0.4, -0.2) is 58.9 Å². The molecule has 1 saturated carbocycles. The van der Waals surface area contributed by atoms with Gasteiger partial charge >= 0.3 is 0 Å². The maximum absolute atomic E-state index is 14.5. The van der Waals surface area contributed by atoms with E-state index in [-0.39, 0.29) is 30.1 Å². The lowest BCUT2D eigenvalue weighted by Gasteiger charge is -2.32. The molecule has 2 aliphatic rings. The molecule has 1 aliphatic heterocycles. The normalized spacial score (nSPS) is 20.9. The van der Waals surface area contributed by atoms with Gasteiger partial charge in [0.05, 0.1) is 11.8 Å². The zero-order valence-corrected chi connectivity index (χ0v) is 21.2. The van der Waals surface area contributed by atoms with Gasteiger partial charge in [0.1, 0.15) is 10.7 Å². The molecular formula is C22H24FN3O6S3. The van der Waals surface area contributed by atoms with Crippen LogP contribution in [-0.2, 0) is 30.1 Å². The highest BCUT2D eigenvalue weighted by atomic mass is 32.2. The van der Waals surface area contributed by atoms with Crippen LogP contribution in [0.1, 0.15) is 19.3 Å². The highest BCUT2D eigenvalue weighted by molar-refractivity contribution is 7.92. The molecule has 2 heterocycles. The van der Waals surface area contributed by atoms with Crippen molar-refractivity contribution >= 4 is 41.0 Å². The van der Waals surface area contributed by atoms with Crippen LogP contribution in [0.2, 0.25) is 0 Å². The Labute approximate surface area is 203 Å². The fraction of sp³-hybridized carbons (Fsp3) is 0.364. The van der Waals surface area contributed by atoms with Crippen LogP contribution in [0.3, 0.4) is 0 Å². The lowest BCUT2D eigenvalue weighted by molar-refractivity contribution is 0.248. The molecule has 1 spiro atoms. The number of nitrogens with one attached hydrogen (secondary N) is 1. The molecule has 1 N–H and O–H groups in total. The zero-order chi connectivity index (χ0) is 25.2. The number of nitrogens with zero attached hydrogens (tertiary/aromatic N) is 2. The maximum atomic E-state index is 14.5. The molecule has 35 heavy (non-hydrogen) atoms. The topological polar surface area (TPSA) is 123 Å². The number of para-hydroxylation sites is 1. The predicted molar refractivity (Wildman–Crippen MR) is 128 cm³/mol. The Morgan fingerprint density at radius 2 is 1.54 bits per heavy atom. The largest absolute Gasteiger partial charge is 0.272 e. The molecule has 5 rings (SSSR count). The third kappa shape index (κ3) is 4.18. The quantitative estimate of drug-likeness (QED) is 0.510. The van der Waals surface area contributed by atoms with E-state index in [2.05, 4.69) is 4.72 Å². The van der Waals surface area contributed by atoms with E-state index in [0.29, 0.717) is 28.6 Å². The summed E-state index contributed by atoms with van der Waals surface area (Å²) in [4.78, 5) is -0.622. The van der Waals surface area contributed by atoms with Gasteiger partial charge in [-0.3, -0.25) is 0 Å². The first-order valence-corrected chi connectivity index (χ1v) is 15.7. The van der Waals surface area contributed by atoms with Gasteiger partial charge in [0, 0.05) is 24.5 Å².